The maximum atomic E-state index is 12.8. The van der Waals surface area contributed by atoms with Crippen LogP contribution in [0.2, 0.25) is 0 Å². The first-order chi connectivity index (χ1) is 21.3. The Morgan fingerprint density at radius 1 is 0.682 bits per heavy atom. The molecule has 6 N–H and O–H groups in total. The fraction of sp³-hybridized carbons (Fsp3) is 0.971. The van der Waals surface area contributed by atoms with Crippen LogP contribution in [0.4, 0.5) is 0 Å². The molecule has 1 aliphatic heterocycles. The van der Waals surface area contributed by atoms with Gasteiger partial charge in [-0.05, 0) is 12.8 Å². The van der Waals surface area contributed by atoms with Crippen LogP contribution in [0.15, 0.2) is 0 Å². The first-order valence-corrected chi connectivity index (χ1v) is 18.2. The van der Waals surface area contributed by atoms with Gasteiger partial charge in [0.1, 0.15) is 24.4 Å². The van der Waals surface area contributed by atoms with Gasteiger partial charge in [0.05, 0.1) is 25.4 Å². The maximum absolute atomic E-state index is 12.8. The number of hydrogen-bond donors (Lipinski definition) is 6. The van der Waals surface area contributed by atoms with Gasteiger partial charge in [-0.2, -0.15) is 0 Å². The summed E-state index contributed by atoms with van der Waals surface area (Å²) in [5.74, 6) is -0.150. The lowest BCUT2D eigenvalue weighted by molar-refractivity contribution is -0.302. The van der Waals surface area contributed by atoms with Gasteiger partial charge in [-0.15, -0.1) is 0 Å². The number of carbonyl (C=O) groups is 1. The predicted molar refractivity (Wildman–Crippen MR) is 175 cm³/mol. The fourth-order valence-corrected chi connectivity index (χ4v) is 5.92. The molecule has 0 aliphatic carbocycles. The molecular weight excluding hydrogens is 562 g/mol. The molecule has 0 spiro atoms. The second-order valence-electron chi connectivity index (χ2n) is 13.0. The molecule has 9 nitrogen and oxygen atoms in total. The summed E-state index contributed by atoms with van der Waals surface area (Å²) < 4.78 is 11.2. The van der Waals surface area contributed by atoms with Crippen LogP contribution in [0.1, 0.15) is 162 Å². The van der Waals surface area contributed by atoms with E-state index in [4.69, 9.17) is 9.47 Å². The molecule has 0 aromatic heterocycles. The highest BCUT2D eigenvalue weighted by Crippen LogP contribution is 2.23. The van der Waals surface area contributed by atoms with Gasteiger partial charge in [0.25, 0.3) is 0 Å². The third-order valence-corrected chi connectivity index (χ3v) is 8.96. The molecule has 262 valence electrons. The van der Waals surface area contributed by atoms with Gasteiger partial charge in [-0.1, -0.05) is 142 Å². The number of unbranched alkanes of at least 4 members (excludes halogenated alkanes) is 19. The summed E-state index contributed by atoms with van der Waals surface area (Å²) in [6.45, 7) is 3.77. The minimum absolute atomic E-state index is 0.133. The number of ether oxygens (including phenoxy) is 2. The molecule has 44 heavy (non-hydrogen) atoms. The van der Waals surface area contributed by atoms with E-state index in [0.717, 1.165) is 38.5 Å². The lowest BCUT2D eigenvalue weighted by Gasteiger charge is -2.40. The zero-order valence-electron chi connectivity index (χ0n) is 28.2. The summed E-state index contributed by atoms with van der Waals surface area (Å²) in [6.07, 6.45) is 18.3. The van der Waals surface area contributed by atoms with E-state index in [-0.39, 0.29) is 12.5 Å². The normalized spacial score (nSPS) is 23.5. The van der Waals surface area contributed by atoms with E-state index < -0.39 is 49.5 Å². The van der Waals surface area contributed by atoms with Crippen molar-refractivity contribution in [3.63, 3.8) is 0 Å². The van der Waals surface area contributed by atoms with E-state index in [1.807, 2.05) is 0 Å². The summed E-state index contributed by atoms with van der Waals surface area (Å²) >= 11 is 0. The first-order valence-electron chi connectivity index (χ1n) is 18.2. The van der Waals surface area contributed by atoms with E-state index >= 15 is 0 Å². The zero-order chi connectivity index (χ0) is 32.4. The van der Waals surface area contributed by atoms with Crippen LogP contribution in [-0.2, 0) is 14.3 Å². The van der Waals surface area contributed by atoms with Crippen LogP contribution in [0.3, 0.4) is 0 Å². The van der Waals surface area contributed by atoms with Crippen LogP contribution >= 0.6 is 0 Å². The second kappa shape index (κ2) is 27.3. The highest BCUT2D eigenvalue weighted by atomic mass is 16.7. The Labute approximate surface area is 268 Å². The van der Waals surface area contributed by atoms with E-state index in [2.05, 4.69) is 19.2 Å². The third kappa shape index (κ3) is 19.0. The molecule has 1 saturated heterocycles. The van der Waals surface area contributed by atoms with E-state index in [0.29, 0.717) is 12.8 Å². The van der Waals surface area contributed by atoms with Crippen molar-refractivity contribution in [3.05, 3.63) is 0 Å². The Morgan fingerprint density at radius 3 is 1.61 bits per heavy atom. The number of rotatable bonds is 29. The Hall–Kier alpha value is -0.810. The summed E-state index contributed by atoms with van der Waals surface area (Å²) in [4.78, 5) is 12.8. The van der Waals surface area contributed by atoms with Crippen LogP contribution in [-0.4, -0.2) is 87.5 Å². The Bertz CT molecular complexity index is 667. The largest absolute Gasteiger partial charge is 0.394 e. The highest BCUT2D eigenvalue weighted by Gasteiger charge is 2.44. The Balaban J connectivity index is 2.44. The quantitative estimate of drug-likeness (QED) is 0.0580. The van der Waals surface area contributed by atoms with Gasteiger partial charge in [0.15, 0.2) is 6.29 Å². The Kier molecular flexibility index (Phi) is 25.6. The van der Waals surface area contributed by atoms with Gasteiger partial charge < -0.3 is 40.3 Å². The van der Waals surface area contributed by atoms with Crippen molar-refractivity contribution in [1.29, 1.82) is 0 Å². The van der Waals surface area contributed by atoms with Crippen molar-refractivity contribution < 1.29 is 39.8 Å². The lowest BCUT2D eigenvalue weighted by atomic mass is 9.99. The molecule has 0 bridgehead atoms. The number of amides is 1. The minimum atomic E-state index is -1.54. The molecule has 2 unspecified atom stereocenters. The van der Waals surface area contributed by atoms with Crippen molar-refractivity contribution in [2.75, 3.05) is 13.2 Å². The zero-order valence-corrected chi connectivity index (χ0v) is 28.2. The average molecular weight is 632 g/mol. The average Bonchev–Trinajstić information content (AvgIpc) is 3.02. The van der Waals surface area contributed by atoms with E-state index in [1.165, 1.54) is 96.3 Å². The van der Waals surface area contributed by atoms with Crippen molar-refractivity contribution in [2.24, 2.45) is 0 Å². The van der Waals surface area contributed by atoms with Gasteiger partial charge in [-0.3, -0.25) is 4.79 Å². The molecule has 7 atom stereocenters. The maximum Gasteiger partial charge on any atom is 0.220 e. The van der Waals surface area contributed by atoms with Crippen molar-refractivity contribution in [2.45, 2.75) is 204 Å². The van der Waals surface area contributed by atoms with Crippen molar-refractivity contribution in [3.8, 4) is 0 Å². The minimum Gasteiger partial charge on any atom is -0.394 e. The van der Waals surface area contributed by atoms with Crippen LogP contribution < -0.4 is 5.32 Å². The third-order valence-electron chi connectivity index (χ3n) is 8.96. The molecule has 1 amide bonds. The Morgan fingerprint density at radius 2 is 1.14 bits per heavy atom. The molecule has 1 heterocycles. The monoisotopic (exact) mass is 632 g/mol. The number of aliphatic hydroxyl groups is 5. The van der Waals surface area contributed by atoms with Crippen LogP contribution in [0.5, 0.6) is 0 Å². The number of nitrogens with one attached hydrogen (secondary N) is 1. The fourth-order valence-electron chi connectivity index (χ4n) is 5.92. The number of hydrogen-bond acceptors (Lipinski definition) is 8. The summed E-state index contributed by atoms with van der Waals surface area (Å²) in [5, 5.41) is 53.8. The number of carbonyl (C=O) groups excluding carboxylic acids is 1. The number of aliphatic hydroxyl groups excluding tert-OH is 5. The standard InChI is InChI=1S/C35H69NO8/c1-3-5-7-9-11-13-14-15-16-17-18-20-22-24-29(38)28(36-31(39)25-23-21-19-12-10-8-6-4-2)27-43-35-34(42)33(41)32(40)30(26-37)44-35/h28-30,32-35,37-38,40-42H,3-27H2,1-2H3,(H,36,39)/t28-,29+,30+,32+,33?,34?,35+/m0/s1. The molecule has 1 rings (SSSR count). The van der Waals surface area contributed by atoms with Crippen molar-refractivity contribution >= 4 is 5.91 Å². The van der Waals surface area contributed by atoms with E-state index in [1.54, 1.807) is 0 Å². The molecule has 0 radical (unpaired) electrons. The van der Waals surface area contributed by atoms with E-state index in [9.17, 15) is 30.3 Å². The molecule has 9 heteroatoms. The van der Waals surface area contributed by atoms with Gasteiger partial charge in [0.2, 0.25) is 5.91 Å². The van der Waals surface area contributed by atoms with Crippen LogP contribution in [0, 0.1) is 0 Å². The molecule has 1 fully saturated rings. The SMILES string of the molecule is CCCCCCCCCCCCCCC[C@@H](O)[C@H](CO[C@@H]1O[C@H](CO)[C@@H](O)C(O)C1O)NC(=O)CCCCCCCCCC. The topological polar surface area (TPSA) is 149 Å². The molecular formula is C35H69NO8. The van der Waals surface area contributed by atoms with Crippen LogP contribution in [0.25, 0.3) is 0 Å². The summed E-state index contributed by atoms with van der Waals surface area (Å²) in [5.41, 5.74) is 0. The molecule has 1 aliphatic rings. The predicted octanol–water partition coefficient (Wildman–Crippen LogP) is 5.66. The summed E-state index contributed by atoms with van der Waals surface area (Å²) in [6, 6.07) is -0.707. The smallest absolute Gasteiger partial charge is 0.220 e. The summed E-state index contributed by atoms with van der Waals surface area (Å²) in [7, 11) is 0. The second-order valence-corrected chi connectivity index (χ2v) is 13.0. The first kappa shape index (κ1) is 41.2. The molecule has 0 aromatic rings. The highest BCUT2D eigenvalue weighted by molar-refractivity contribution is 5.76. The molecule has 0 aromatic carbocycles. The van der Waals surface area contributed by atoms with Gasteiger partial charge in [-0.25, -0.2) is 0 Å². The van der Waals surface area contributed by atoms with Gasteiger partial charge >= 0.3 is 0 Å². The van der Waals surface area contributed by atoms with Crippen molar-refractivity contribution in [1.82, 2.24) is 5.32 Å². The van der Waals surface area contributed by atoms with Gasteiger partial charge in [0, 0.05) is 6.42 Å². The lowest BCUT2D eigenvalue weighted by Crippen LogP contribution is -2.60. The molecule has 0 saturated carbocycles.